The minimum Gasteiger partial charge on any atom is -0.342 e. The summed E-state index contributed by atoms with van der Waals surface area (Å²) in [5.74, 6) is 1.92. The summed E-state index contributed by atoms with van der Waals surface area (Å²) in [6.45, 7) is 9.63. The number of hydrogen-bond donors (Lipinski definition) is 1. The van der Waals surface area contributed by atoms with E-state index in [1.54, 1.807) is 0 Å². The Hall–Kier alpha value is -0.570. The van der Waals surface area contributed by atoms with Crippen molar-refractivity contribution in [3.8, 4) is 0 Å². The molecule has 4 unspecified atom stereocenters. The topological polar surface area (TPSA) is 32.3 Å². The molecule has 2 saturated heterocycles. The minimum absolute atomic E-state index is 0.214. The van der Waals surface area contributed by atoms with Crippen LogP contribution in [0.4, 0.5) is 0 Å². The van der Waals surface area contributed by atoms with Gasteiger partial charge in [0.2, 0.25) is 5.91 Å². The van der Waals surface area contributed by atoms with Crippen LogP contribution in [-0.4, -0.2) is 36.5 Å². The van der Waals surface area contributed by atoms with Crippen molar-refractivity contribution < 1.29 is 4.79 Å². The van der Waals surface area contributed by atoms with E-state index >= 15 is 0 Å². The predicted molar refractivity (Wildman–Crippen MR) is 65.1 cm³/mol. The Kier molecular flexibility index (Phi) is 3.53. The van der Waals surface area contributed by atoms with Crippen LogP contribution in [0.5, 0.6) is 0 Å². The van der Waals surface area contributed by atoms with Gasteiger partial charge in [0.15, 0.2) is 0 Å². The number of amides is 1. The Morgan fingerprint density at radius 3 is 2.38 bits per heavy atom. The van der Waals surface area contributed by atoms with Gasteiger partial charge in [-0.3, -0.25) is 4.79 Å². The maximum Gasteiger partial charge on any atom is 0.227 e. The molecule has 1 N–H and O–H groups in total. The molecule has 2 heterocycles. The zero-order chi connectivity index (χ0) is 11.7. The molecular formula is C13H24N2O. The quantitative estimate of drug-likeness (QED) is 0.732. The van der Waals surface area contributed by atoms with Crippen molar-refractivity contribution in [2.24, 2.45) is 17.8 Å². The molecule has 3 nitrogen and oxygen atoms in total. The second-order valence-electron chi connectivity index (χ2n) is 5.69. The summed E-state index contributed by atoms with van der Waals surface area (Å²) < 4.78 is 0. The average Bonchev–Trinajstić information content (AvgIpc) is 2.59. The van der Waals surface area contributed by atoms with E-state index in [2.05, 4.69) is 31.0 Å². The third-order valence-corrected chi connectivity index (χ3v) is 4.38. The van der Waals surface area contributed by atoms with E-state index in [4.69, 9.17) is 0 Å². The highest BCUT2D eigenvalue weighted by atomic mass is 16.2. The molecule has 0 saturated carbocycles. The molecule has 0 spiro atoms. The standard InChI is InChI=1S/C13H24N2O/c1-9-7-15(8-10(9)2)13(16)12-5-4-6-14-11(12)3/h9-12,14H,4-8H2,1-3H3. The minimum atomic E-state index is 0.214. The zero-order valence-electron chi connectivity index (χ0n) is 10.7. The third kappa shape index (κ3) is 2.24. The zero-order valence-corrected chi connectivity index (χ0v) is 10.7. The number of nitrogens with zero attached hydrogens (tertiary/aromatic N) is 1. The lowest BCUT2D eigenvalue weighted by Gasteiger charge is -2.32. The van der Waals surface area contributed by atoms with Crippen molar-refractivity contribution in [3.63, 3.8) is 0 Å². The van der Waals surface area contributed by atoms with Gasteiger partial charge in [-0.15, -0.1) is 0 Å². The molecule has 0 bridgehead atoms. The Balaban J connectivity index is 1.96. The molecule has 2 rings (SSSR count). The molecule has 0 aromatic carbocycles. The number of rotatable bonds is 1. The fourth-order valence-electron chi connectivity index (χ4n) is 2.93. The van der Waals surface area contributed by atoms with Crippen LogP contribution in [0.3, 0.4) is 0 Å². The largest absolute Gasteiger partial charge is 0.342 e. The van der Waals surface area contributed by atoms with Gasteiger partial charge in [-0.25, -0.2) is 0 Å². The third-order valence-electron chi connectivity index (χ3n) is 4.38. The number of piperidine rings is 1. The SMILES string of the molecule is CC1CN(C(=O)C2CCCNC2C)CC1C. The summed E-state index contributed by atoms with van der Waals surface area (Å²) in [6.07, 6.45) is 2.20. The maximum atomic E-state index is 12.4. The first-order chi connectivity index (χ1) is 7.59. The molecule has 92 valence electrons. The highest BCUT2D eigenvalue weighted by molar-refractivity contribution is 5.80. The first kappa shape index (κ1) is 11.9. The molecule has 0 aromatic rings. The van der Waals surface area contributed by atoms with Gasteiger partial charge in [0.25, 0.3) is 0 Å². The second-order valence-corrected chi connectivity index (χ2v) is 5.69. The van der Waals surface area contributed by atoms with E-state index in [0.29, 0.717) is 23.8 Å². The molecule has 0 aliphatic carbocycles. The van der Waals surface area contributed by atoms with E-state index in [-0.39, 0.29) is 5.92 Å². The van der Waals surface area contributed by atoms with Gasteiger partial charge in [-0.2, -0.15) is 0 Å². The van der Waals surface area contributed by atoms with Crippen LogP contribution in [0.25, 0.3) is 0 Å². The summed E-state index contributed by atoms with van der Waals surface area (Å²) in [6, 6.07) is 0.354. The van der Waals surface area contributed by atoms with Crippen LogP contribution in [0.1, 0.15) is 33.6 Å². The van der Waals surface area contributed by atoms with Crippen molar-refractivity contribution in [1.82, 2.24) is 10.2 Å². The fraction of sp³-hybridized carbons (Fsp3) is 0.923. The number of nitrogens with one attached hydrogen (secondary N) is 1. The van der Waals surface area contributed by atoms with E-state index in [1.807, 2.05) is 0 Å². The first-order valence-corrected chi connectivity index (χ1v) is 6.61. The Morgan fingerprint density at radius 2 is 1.81 bits per heavy atom. The Labute approximate surface area is 98.6 Å². The lowest BCUT2D eigenvalue weighted by Crippen LogP contribution is -2.47. The van der Waals surface area contributed by atoms with Gasteiger partial charge in [0, 0.05) is 19.1 Å². The number of carbonyl (C=O) groups is 1. The predicted octanol–water partition coefficient (Wildman–Crippen LogP) is 1.49. The summed E-state index contributed by atoms with van der Waals surface area (Å²) in [7, 11) is 0. The van der Waals surface area contributed by atoms with Crippen molar-refractivity contribution in [1.29, 1.82) is 0 Å². The van der Waals surface area contributed by atoms with Crippen LogP contribution in [0, 0.1) is 17.8 Å². The van der Waals surface area contributed by atoms with Crippen LogP contribution in [0.15, 0.2) is 0 Å². The average molecular weight is 224 g/mol. The smallest absolute Gasteiger partial charge is 0.227 e. The molecule has 2 aliphatic rings. The fourth-order valence-corrected chi connectivity index (χ4v) is 2.93. The monoisotopic (exact) mass is 224 g/mol. The Bertz CT molecular complexity index is 257. The van der Waals surface area contributed by atoms with Crippen molar-refractivity contribution in [2.75, 3.05) is 19.6 Å². The summed E-state index contributed by atoms with van der Waals surface area (Å²) in [5, 5.41) is 3.41. The van der Waals surface area contributed by atoms with Crippen LogP contribution < -0.4 is 5.32 Å². The summed E-state index contributed by atoms with van der Waals surface area (Å²) in [4.78, 5) is 14.5. The van der Waals surface area contributed by atoms with Crippen LogP contribution >= 0.6 is 0 Å². The molecule has 1 amide bonds. The van der Waals surface area contributed by atoms with Gasteiger partial charge < -0.3 is 10.2 Å². The Morgan fingerprint density at radius 1 is 1.19 bits per heavy atom. The molecule has 2 aliphatic heterocycles. The van der Waals surface area contributed by atoms with Gasteiger partial charge in [0.05, 0.1) is 5.92 Å². The van der Waals surface area contributed by atoms with Gasteiger partial charge in [-0.1, -0.05) is 13.8 Å². The van der Waals surface area contributed by atoms with E-state index in [1.165, 1.54) is 0 Å². The molecule has 0 radical (unpaired) electrons. The van der Waals surface area contributed by atoms with E-state index < -0.39 is 0 Å². The normalized spacial score (nSPS) is 40.1. The van der Waals surface area contributed by atoms with Crippen molar-refractivity contribution in [3.05, 3.63) is 0 Å². The summed E-state index contributed by atoms with van der Waals surface area (Å²) in [5.41, 5.74) is 0. The van der Waals surface area contributed by atoms with Crippen LogP contribution in [0.2, 0.25) is 0 Å². The number of carbonyl (C=O) groups excluding carboxylic acids is 1. The molecule has 0 aromatic heterocycles. The molecule has 16 heavy (non-hydrogen) atoms. The number of hydrogen-bond acceptors (Lipinski definition) is 2. The van der Waals surface area contributed by atoms with Gasteiger partial charge >= 0.3 is 0 Å². The van der Waals surface area contributed by atoms with Crippen molar-refractivity contribution in [2.45, 2.75) is 39.7 Å². The molecule has 3 heteroatoms. The van der Waals surface area contributed by atoms with Gasteiger partial charge in [-0.05, 0) is 38.1 Å². The second kappa shape index (κ2) is 4.74. The molecule has 4 atom stereocenters. The van der Waals surface area contributed by atoms with Crippen molar-refractivity contribution >= 4 is 5.91 Å². The van der Waals surface area contributed by atoms with Gasteiger partial charge in [0.1, 0.15) is 0 Å². The highest BCUT2D eigenvalue weighted by Gasteiger charge is 2.35. The lowest BCUT2D eigenvalue weighted by atomic mass is 9.91. The van der Waals surface area contributed by atoms with Crippen LogP contribution in [-0.2, 0) is 4.79 Å². The molecule has 2 fully saturated rings. The maximum absolute atomic E-state index is 12.4. The van der Waals surface area contributed by atoms with E-state index in [0.717, 1.165) is 32.5 Å². The lowest BCUT2D eigenvalue weighted by molar-refractivity contribution is -0.136. The number of likely N-dealkylation sites (tertiary alicyclic amines) is 1. The summed E-state index contributed by atoms with van der Waals surface area (Å²) >= 11 is 0. The molecular weight excluding hydrogens is 200 g/mol. The highest BCUT2D eigenvalue weighted by Crippen LogP contribution is 2.26. The van der Waals surface area contributed by atoms with E-state index in [9.17, 15) is 4.79 Å². The first-order valence-electron chi connectivity index (χ1n) is 6.61.